The first-order valence-electron chi connectivity index (χ1n) is 10.7. The van der Waals surface area contributed by atoms with E-state index in [0.717, 1.165) is 11.6 Å². The summed E-state index contributed by atoms with van der Waals surface area (Å²) < 4.78 is 51.1. The maximum atomic E-state index is 13.6. The SMILES string of the molecule is COc1ccc(C2=NOC(C(=O)Nc3c(C(N)=O)sc4nc(C(F)(F)F)cc(-c5ccco5)c34)C2)cc1. The molecule has 0 aliphatic carbocycles. The van der Waals surface area contributed by atoms with Crippen molar-refractivity contribution in [2.75, 3.05) is 12.4 Å². The lowest BCUT2D eigenvalue weighted by atomic mass is 10.0. The molecule has 3 N–H and O–H groups in total. The number of amides is 2. The number of fused-ring (bicyclic) bond motifs is 1. The highest BCUT2D eigenvalue weighted by molar-refractivity contribution is 7.21. The fourth-order valence-electron chi connectivity index (χ4n) is 3.84. The van der Waals surface area contributed by atoms with Crippen LogP contribution in [-0.4, -0.2) is 35.7 Å². The van der Waals surface area contributed by atoms with Crippen LogP contribution in [0.1, 0.15) is 27.3 Å². The van der Waals surface area contributed by atoms with E-state index >= 15 is 0 Å². The highest BCUT2D eigenvalue weighted by Crippen LogP contribution is 2.44. The van der Waals surface area contributed by atoms with Crippen LogP contribution in [0.4, 0.5) is 18.9 Å². The number of rotatable bonds is 6. The van der Waals surface area contributed by atoms with Crippen LogP contribution >= 0.6 is 11.3 Å². The monoisotopic (exact) mass is 530 g/mol. The summed E-state index contributed by atoms with van der Waals surface area (Å²) in [5.41, 5.74) is 5.47. The normalized spacial score (nSPS) is 15.4. The standard InChI is InChI=1S/C24H17F3N4O5S/c1-34-12-6-4-11(5-7-12)14-10-16(36-31-14)22(33)30-19-18-13(15-3-2-8-35-15)9-17(24(25,26)27)29-23(18)37-20(19)21(28)32/h2-9,16H,10H2,1H3,(H2,28,32)(H,30,33). The van der Waals surface area contributed by atoms with Crippen LogP contribution in [0.15, 0.2) is 58.3 Å². The van der Waals surface area contributed by atoms with E-state index in [9.17, 15) is 22.8 Å². The number of alkyl halides is 3. The van der Waals surface area contributed by atoms with Crippen molar-refractivity contribution in [1.82, 2.24) is 4.98 Å². The molecule has 9 nitrogen and oxygen atoms in total. The highest BCUT2D eigenvalue weighted by atomic mass is 32.1. The summed E-state index contributed by atoms with van der Waals surface area (Å²) in [5.74, 6) is -0.875. The van der Waals surface area contributed by atoms with Gasteiger partial charge in [-0.1, -0.05) is 5.16 Å². The zero-order valence-electron chi connectivity index (χ0n) is 19.0. The first-order chi connectivity index (χ1) is 17.7. The molecule has 3 aromatic heterocycles. The maximum absolute atomic E-state index is 13.6. The lowest BCUT2D eigenvalue weighted by Crippen LogP contribution is -2.29. The second-order valence-corrected chi connectivity index (χ2v) is 8.93. The average Bonchev–Trinajstić information content (AvgIpc) is 3.63. The Bertz CT molecular complexity index is 1530. The summed E-state index contributed by atoms with van der Waals surface area (Å²) in [6.45, 7) is 0. The summed E-state index contributed by atoms with van der Waals surface area (Å²) in [5, 5.41) is 6.67. The van der Waals surface area contributed by atoms with Gasteiger partial charge in [0.2, 0.25) is 6.10 Å². The zero-order valence-corrected chi connectivity index (χ0v) is 19.8. The van der Waals surface area contributed by atoms with Gasteiger partial charge in [0.25, 0.3) is 11.8 Å². The minimum absolute atomic E-state index is 0.0103. The Hall–Kier alpha value is -4.39. The van der Waals surface area contributed by atoms with Crippen LogP contribution in [0.2, 0.25) is 0 Å². The number of halogens is 3. The number of pyridine rings is 1. The molecule has 13 heteroatoms. The number of carbonyl (C=O) groups excluding carboxylic acids is 2. The Labute approximate surface area is 210 Å². The molecule has 0 spiro atoms. The van der Waals surface area contributed by atoms with Gasteiger partial charge >= 0.3 is 6.18 Å². The minimum atomic E-state index is -4.76. The van der Waals surface area contributed by atoms with Gasteiger partial charge in [-0.15, -0.1) is 11.3 Å². The van der Waals surface area contributed by atoms with Crippen molar-refractivity contribution in [2.24, 2.45) is 10.9 Å². The molecule has 0 radical (unpaired) electrons. The predicted octanol–water partition coefficient (Wildman–Crippen LogP) is 4.81. The third kappa shape index (κ3) is 4.60. The fourth-order valence-corrected chi connectivity index (χ4v) is 4.85. The molecule has 0 saturated carbocycles. The number of oxime groups is 1. The maximum Gasteiger partial charge on any atom is 0.433 e. The van der Waals surface area contributed by atoms with Crippen LogP contribution < -0.4 is 15.8 Å². The Morgan fingerprint density at radius 1 is 1.22 bits per heavy atom. The smallest absolute Gasteiger partial charge is 0.433 e. The molecule has 1 atom stereocenters. The van der Waals surface area contributed by atoms with Gasteiger partial charge in [0.05, 0.1) is 24.8 Å². The number of methoxy groups -OCH3 is 1. The van der Waals surface area contributed by atoms with E-state index < -0.39 is 29.8 Å². The summed E-state index contributed by atoms with van der Waals surface area (Å²) in [4.78, 5) is 34.0. The number of carbonyl (C=O) groups is 2. The molecular weight excluding hydrogens is 513 g/mol. The number of nitrogens with two attached hydrogens (primary N) is 1. The number of furan rings is 1. The van der Waals surface area contributed by atoms with Gasteiger partial charge in [-0.3, -0.25) is 9.59 Å². The summed E-state index contributed by atoms with van der Waals surface area (Å²) in [6.07, 6.45) is -4.41. The van der Waals surface area contributed by atoms with Crippen molar-refractivity contribution in [1.29, 1.82) is 0 Å². The molecule has 5 rings (SSSR count). The molecule has 0 saturated heterocycles. The van der Waals surface area contributed by atoms with Crippen molar-refractivity contribution in [2.45, 2.75) is 18.7 Å². The predicted molar refractivity (Wildman–Crippen MR) is 128 cm³/mol. The molecule has 1 aromatic carbocycles. The molecular formula is C24H17F3N4O5S. The summed E-state index contributed by atoms with van der Waals surface area (Å²) in [7, 11) is 1.54. The number of hydrogen-bond donors (Lipinski definition) is 2. The van der Waals surface area contributed by atoms with Crippen LogP contribution in [-0.2, 0) is 15.8 Å². The van der Waals surface area contributed by atoms with Gasteiger partial charge in [0.15, 0.2) is 0 Å². The first-order valence-corrected chi connectivity index (χ1v) is 11.5. The van der Waals surface area contributed by atoms with E-state index in [4.69, 9.17) is 19.7 Å². The highest BCUT2D eigenvalue weighted by Gasteiger charge is 2.36. The largest absolute Gasteiger partial charge is 0.497 e. The molecule has 2 amide bonds. The van der Waals surface area contributed by atoms with Gasteiger partial charge in [0.1, 0.15) is 26.9 Å². The van der Waals surface area contributed by atoms with Crippen LogP contribution in [0, 0.1) is 0 Å². The van der Waals surface area contributed by atoms with E-state index in [2.05, 4.69) is 15.5 Å². The van der Waals surface area contributed by atoms with Crippen LogP contribution in [0.3, 0.4) is 0 Å². The third-order valence-corrected chi connectivity index (χ3v) is 6.69. The number of benzene rings is 1. The van der Waals surface area contributed by atoms with E-state index in [-0.39, 0.29) is 38.5 Å². The zero-order chi connectivity index (χ0) is 26.3. The molecule has 0 bridgehead atoms. The van der Waals surface area contributed by atoms with Gasteiger partial charge in [-0.2, -0.15) is 13.2 Å². The van der Waals surface area contributed by atoms with E-state index in [1.807, 2.05) is 0 Å². The molecule has 4 aromatic rings. The molecule has 1 unspecified atom stereocenters. The average molecular weight is 530 g/mol. The molecule has 190 valence electrons. The Balaban J connectivity index is 1.50. The van der Waals surface area contributed by atoms with Crippen LogP contribution in [0.5, 0.6) is 5.75 Å². The first kappa shape index (κ1) is 24.3. The number of nitrogens with zero attached hydrogens (tertiary/aromatic N) is 2. The van der Waals surface area contributed by atoms with Crippen molar-refractivity contribution >= 4 is 44.8 Å². The Morgan fingerprint density at radius 2 is 1.97 bits per heavy atom. The quantitative estimate of drug-likeness (QED) is 0.368. The fraction of sp³-hybridized carbons (Fsp3) is 0.167. The third-order valence-electron chi connectivity index (χ3n) is 5.60. The number of thiophene rings is 1. The molecule has 1 aliphatic heterocycles. The molecule has 1 aliphatic rings. The van der Waals surface area contributed by atoms with Crippen molar-refractivity contribution in [3.05, 3.63) is 64.9 Å². The lowest BCUT2D eigenvalue weighted by molar-refractivity contribution is -0.140. The van der Waals surface area contributed by atoms with E-state index in [1.165, 1.54) is 25.5 Å². The number of hydrogen-bond acceptors (Lipinski definition) is 8. The van der Waals surface area contributed by atoms with Gasteiger partial charge in [-0.05, 0) is 48.0 Å². The van der Waals surface area contributed by atoms with Crippen molar-refractivity contribution < 1.29 is 36.8 Å². The van der Waals surface area contributed by atoms with Gasteiger partial charge in [0, 0.05) is 17.4 Å². The second-order valence-electron chi connectivity index (χ2n) is 7.93. The number of ether oxygens (including phenoxy) is 1. The van der Waals surface area contributed by atoms with Crippen molar-refractivity contribution in [3.63, 3.8) is 0 Å². The Kier molecular flexibility index (Phi) is 6.07. The molecule has 0 fully saturated rings. The van der Waals surface area contributed by atoms with E-state index in [0.29, 0.717) is 22.8 Å². The van der Waals surface area contributed by atoms with Crippen molar-refractivity contribution in [3.8, 4) is 17.1 Å². The van der Waals surface area contributed by atoms with Gasteiger partial charge in [-0.25, -0.2) is 4.98 Å². The number of nitrogens with one attached hydrogen (secondary N) is 1. The molecule has 4 heterocycles. The summed E-state index contributed by atoms with van der Waals surface area (Å²) >= 11 is 0.636. The van der Waals surface area contributed by atoms with Crippen LogP contribution in [0.25, 0.3) is 21.5 Å². The Morgan fingerprint density at radius 3 is 2.59 bits per heavy atom. The lowest BCUT2D eigenvalue weighted by Gasteiger charge is -2.12. The number of aromatic nitrogens is 1. The van der Waals surface area contributed by atoms with E-state index in [1.54, 1.807) is 24.3 Å². The number of anilines is 1. The number of primary amides is 1. The minimum Gasteiger partial charge on any atom is -0.497 e. The second kappa shape index (κ2) is 9.24. The van der Waals surface area contributed by atoms with Gasteiger partial charge < -0.3 is 25.0 Å². The summed E-state index contributed by atoms with van der Waals surface area (Å²) in [6, 6.07) is 10.7. The molecule has 37 heavy (non-hydrogen) atoms. The topological polar surface area (TPSA) is 129 Å².